The molecule has 0 aliphatic carbocycles. The second-order valence-corrected chi connectivity index (χ2v) is 3.29. The Hall–Kier alpha value is -0.520. The highest BCUT2D eigenvalue weighted by Gasteiger charge is 2.27. The van der Waals surface area contributed by atoms with Crippen molar-refractivity contribution in [3.8, 4) is 12.3 Å². The molecule has 0 spiro atoms. The van der Waals surface area contributed by atoms with Crippen molar-refractivity contribution in [3.05, 3.63) is 0 Å². The Bertz CT molecular complexity index is 156. The summed E-state index contributed by atoms with van der Waals surface area (Å²) < 4.78 is 5.04. The molecular weight excluding hydrogens is 152 g/mol. The number of rotatable bonds is 5. The van der Waals surface area contributed by atoms with Crippen LogP contribution in [-0.4, -0.2) is 23.9 Å². The summed E-state index contributed by atoms with van der Waals surface area (Å²) in [5, 5.41) is 9.82. The topological polar surface area (TPSA) is 29.5 Å². The number of terminal acetylenes is 1. The van der Waals surface area contributed by atoms with E-state index >= 15 is 0 Å². The molecule has 0 amide bonds. The van der Waals surface area contributed by atoms with Gasteiger partial charge in [0.05, 0.1) is 11.7 Å². The van der Waals surface area contributed by atoms with Gasteiger partial charge in [0.1, 0.15) is 0 Å². The van der Waals surface area contributed by atoms with Crippen LogP contribution in [0.1, 0.15) is 33.1 Å². The smallest absolute Gasteiger partial charge is 0.0877 e. The van der Waals surface area contributed by atoms with Crippen LogP contribution in [0.15, 0.2) is 0 Å². The Kier molecular flexibility index (Phi) is 4.96. The third kappa shape index (κ3) is 3.75. The van der Waals surface area contributed by atoms with E-state index in [4.69, 9.17) is 11.2 Å². The fourth-order valence-electron chi connectivity index (χ4n) is 1.01. The average Bonchev–Trinajstić information content (AvgIpc) is 2.03. The molecule has 0 aliphatic rings. The first-order valence-corrected chi connectivity index (χ1v) is 4.23. The van der Waals surface area contributed by atoms with Gasteiger partial charge in [0.25, 0.3) is 0 Å². The second-order valence-electron chi connectivity index (χ2n) is 3.29. The van der Waals surface area contributed by atoms with Crippen LogP contribution >= 0.6 is 0 Å². The van der Waals surface area contributed by atoms with Crippen molar-refractivity contribution >= 4 is 0 Å². The molecule has 2 unspecified atom stereocenters. The van der Waals surface area contributed by atoms with E-state index in [-0.39, 0.29) is 6.10 Å². The predicted molar refractivity (Wildman–Crippen MR) is 49.8 cm³/mol. The van der Waals surface area contributed by atoms with Gasteiger partial charge in [-0.1, -0.05) is 0 Å². The van der Waals surface area contributed by atoms with Crippen LogP contribution in [0, 0.1) is 12.3 Å². The van der Waals surface area contributed by atoms with Crippen molar-refractivity contribution in [3.63, 3.8) is 0 Å². The molecule has 0 aromatic carbocycles. The van der Waals surface area contributed by atoms with Crippen LogP contribution in [0.25, 0.3) is 0 Å². The highest BCUT2D eigenvalue weighted by Crippen LogP contribution is 2.19. The molecular formula is C10H18O2. The van der Waals surface area contributed by atoms with Gasteiger partial charge in [0.15, 0.2) is 0 Å². The number of hydrogen-bond donors (Lipinski definition) is 1. The van der Waals surface area contributed by atoms with E-state index in [0.29, 0.717) is 12.8 Å². The lowest BCUT2D eigenvalue weighted by Crippen LogP contribution is -2.38. The summed E-state index contributed by atoms with van der Waals surface area (Å²) >= 11 is 0. The summed E-state index contributed by atoms with van der Waals surface area (Å²) in [6, 6.07) is 0. The maximum absolute atomic E-state index is 9.82. The maximum Gasteiger partial charge on any atom is 0.0877 e. The van der Waals surface area contributed by atoms with E-state index in [1.54, 1.807) is 14.0 Å². The van der Waals surface area contributed by atoms with E-state index in [1.807, 2.05) is 6.92 Å². The minimum absolute atomic E-state index is 0.143. The van der Waals surface area contributed by atoms with E-state index in [1.165, 1.54) is 0 Å². The molecule has 12 heavy (non-hydrogen) atoms. The van der Waals surface area contributed by atoms with E-state index < -0.39 is 5.60 Å². The fraction of sp³-hybridized carbons (Fsp3) is 0.800. The van der Waals surface area contributed by atoms with Gasteiger partial charge in [0.2, 0.25) is 0 Å². The molecule has 0 bridgehead atoms. The second kappa shape index (κ2) is 5.18. The van der Waals surface area contributed by atoms with Crippen molar-refractivity contribution in [1.82, 2.24) is 0 Å². The normalized spacial score (nSPS) is 17.9. The monoisotopic (exact) mass is 170 g/mol. The van der Waals surface area contributed by atoms with Crippen LogP contribution in [0.3, 0.4) is 0 Å². The molecule has 0 aromatic heterocycles. The highest BCUT2D eigenvalue weighted by atomic mass is 16.5. The largest absolute Gasteiger partial charge is 0.387 e. The molecule has 0 saturated carbocycles. The lowest BCUT2D eigenvalue weighted by molar-refractivity contribution is -0.0776. The summed E-state index contributed by atoms with van der Waals surface area (Å²) in [6.07, 6.45) is 7.21. The van der Waals surface area contributed by atoms with Crippen molar-refractivity contribution in [2.24, 2.45) is 0 Å². The van der Waals surface area contributed by atoms with Gasteiger partial charge in [-0.05, 0) is 26.7 Å². The van der Waals surface area contributed by atoms with Crippen LogP contribution in [0.4, 0.5) is 0 Å². The molecule has 0 aliphatic heterocycles. The van der Waals surface area contributed by atoms with Gasteiger partial charge >= 0.3 is 0 Å². The SMILES string of the molecule is C#CCCCC(C)(O)C(C)OC. The van der Waals surface area contributed by atoms with Crippen molar-refractivity contribution < 1.29 is 9.84 Å². The molecule has 0 fully saturated rings. The molecule has 70 valence electrons. The van der Waals surface area contributed by atoms with Gasteiger partial charge in [-0.2, -0.15) is 0 Å². The van der Waals surface area contributed by atoms with Crippen molar-refractivity contribution in [2.75, 3.05) is 7.11 Å². The Balaban J connectivity index is 3.79. The van der Waals surface area contributed by atoms with Gasteiger partial charge in [-0.25, -0.2) is 0 Å². The summed E-state index contributed by atoms with van der Waals surface area (Å²) in [5.41, 5.74) is -0.758. The van der Waals surface area contributed by atoms with E-state index in [9.17, 15) is 5.11 Å². The first kappa shape index (κ1) is 11.5. The highest BCUT2D eigenvalue weighted by molar-refractivity contribution is 4.86. The number of aliphatic hydroxyl groups is 1. The fourth-order valence-corrected chi connectivity index (χ4v) is 1.01. The third-order valence-electron chi connectivity index (χ3n) is 2.23. The average molecular weight is 170 g/mol. The Morgan fingerprint density at radius 3 is 2.67 bits per heavy atom. The molecule has 0 aromatic rings. The number of unbranched alkanes of at least 4 members (excludes halogenated alkanes) is 1. The minimum atomic E-state index is -0.758. The van der Waals surface area contributed by atoms with Crippen LogP contribution < -0.4 is 0 Å². The molecule has 2 heteroatoms. The summed E-state index contributed by atoms with van der Waals surface area (Å²) in [7, 11) is 1.60. The van der Waals surface area contributed by atoms with Gasteiger partial charge in [-0.15, -0.1) is 12.3 Å². The van der Waals surface area contributed by atoms with Crippen molar-refractivity contribution in [2.45, 2.75) is 44.8 Å². The standard InChI is InChI=1S/C10H18O2/c1-5-6-7-8-10(3,11)9(2)12-4/h1,9,11H,6-8H2,2-4H3. The molecule has 0 saturated heterocycles. The summed E-state index contributed by atoms with van der Waals surface area (Å²) in [6.45, 7) is 3.63. The van der Waals surface area contributed by atoms with Gasteiger partial charge in [0, 0.05) is 13.5 Å². The van der Waals surface area contributed by atoms with Crippen LogP contribution in [0.5, 0.6) is 0 Å². The zero-order valence-electron chi connectivity index (χ0n) is 8.13. The molecule has 1 N–H and O–H groups in total. The zero-order valence-corrected chi connectivity index (χ0v) is 8.13. The van der Waals surface area contributed by atoms with Crippen LogP contribution in [0.2, 0.25) is 0 Å². The lowest BCUT2D eigenvalue weighted by Gasteiger charge is -2.28. The molecule has 2 atom stereocenters. The number of methoxy groups -OCH3 is 1. The van der Waals surface area contributed by atoms with Crippen LogP contribution in [-0.2, 0) is 4.74 Å². The number of hydrogen-bond acceptors (Lipinski definition) is 2. The molecule has 0 heterocycles. The maximum atomic E-state index is 9.82. The number of ether oxygens (including phenoxy) is 1. The molecule has 0 radical (unpaired) electrons. The first-order chi connectivity index (χ1) is 5.54. The third-order valence-corrected chi connectivity index (χ3v) is 2.23. The molecule has 2 nitrogen and oxygen atoms in total. The quantitative estimate of drug-likeness (QED) is 0.501. The van der Waals surface area contributed by atoms with Gasteiger partial charge < -0.3 is 9.84 Å². The summed E-state index contributed by atoms with van der Waals surface area (Å²) in [5.74, 6) is 2.55. The summed E-state index contributed by atoms with van der Waals surface area (Å²) in [4.78, 5) is 0. The van der Waals surface area contributed by atoms with Gasteiger partial charge in [-0.3, -0.25) is 0 Å². The first-order valence-electron chi connectivity index (χ1n) is 4.23. The Labute approximate surface area is 74.9 Å². The lowest BCUT2D eigenvalue weighted by atomic mass is 9.94. The minimum Gasteiger partial charge on any atom is -0.387 e. The zero-order chi connectivity index (χ0) is 9.61. The van der Waals surface area contributed by atoms with Crippen molar-refractivity contribution in [1.29, 1.82) is 0 Å². The van der Waals surface area contributed by atoms with E-state index in [0.717, 1.165) is 6.42 Å². The molecule has 0 rings (SSSR count). The predicted octanol–water partition coefficient (Wildman–Crippen LogP) is 1.58. The Morgan fingerprint density at radius 1 is 1.67 bits per heavy atom. The Morgan fingerprint density at radius 2 is 2.25 bits per heavy atom. The van der Waals surface area contributed by atoms with E-state index in [2.05, 4.69) is 5.92 Å².